The van der Waals surface area contributed by atoms with Crippen LogP contribution < -0.4 is 15.0 Å². The van der Waals surface area contributed by atoms with Crippen LogP contribution in [0.5, 0.6) is 5.88 Å². The molecule has 124 valence electrons. The lowest BCUT2D eigenvalue weighted by Gasteiger charge is -2.18. The molecule has 0 unspecified atom stereocenters. The summed E-state index contributed by atoms with van der Waals surface area (Å²) in [6, 6.07) is 9.79. The van der Waals surface area contributed by atoms with Crippen molar-refractivity contribution in [3.63, 3.8) is 0 Å². The maximum atomic E-state index is 12.6. The average Bonchev–Trinajstić information content (AvgIpc) is 2.96. The molecule has 1 aromatic carbocycles. The molecule has 1 aliphatic heterocycles. The number of pyridine rings is 1. The molecule has 0 bridgehead atoms. The zero-order valence-corrected chi connectivity index (χ0v) is 13.8. The maximum absolute atomic E-state index is 12.6. The van der Waals surface area contributed by atoms with Gasteiger partial charge < -0.3 is 15.0 Å². The highest BCUT2D eigenvalue weighted by molar-refractivity contribution is 6.34. The van der Waals surface area contributed by atoms with Crippen LogP contribution in [0.3, 0.4) is 0 Å². The van der Waals surface area contributed by atoms with E-state index >= 15 is 0 Å². The third-order valence-corrected chi connectivity index (χ3v) is 4.18. The fourth-order valence-electron chi connectivity index (χ4n) is 2.69. The Labute approximate surface area is 144 Å². The molecule has 2 heterocycles. The van der Waals surface area contributed by atoms with Gasteiger partial charge in [0.05, 0.1) is 17.8 Å². The van der Waals surface area contributed by atoms with Gasteiger partial charge in [0, 0.05) is 12.7 Å². The van der Waals surface area contributed by atoms with E-state index in [0.717, 1.165) is 0 Å². The lowest BCUT2D eigenvalue weighted by molar-refractivity contribution is -0.118. The number of methoxy groups -OCH3 is 1. The molecule has 1 aliphatic rings. The first-order chi connectivity index (χ1) is 11.6. The van der Waals surface area contributed by atoms with Gasteiger partial charge in [-0.15, -0.1) is 0 Å². The van der Waals surface area contributed by atoms with Crippen LogP contribution in [0.1, 0.15) is 16.8 Å². The van der Waals surface area contributed by atoms with Crippen molar-refractivity contribution in [1.82, 2.24) is 10.3 Å². The third kappa shape index (κ3) is 3.05. The quantitative estimate of drug-likeness (QED) is 0.922. The van der Waals surface area contributed by atoms with Gasteiger partial charge in [-0.2, -0.15) is 0 Å². The molecular formula is C17H16ClN3O3. The van der Waals surface area contributed by atoms with Crippen molar-refractivity contribution in [3.05, 3.63) is 53.2 Å². The highest BCUT2D eigenvalue weighted by Gasteiger charge is 2.35. The average molecular weight is 346 g/mol. The van der Waals surface area contributed by atoms with Gasteiger partial charge in [0.15, 0.2) is 0 Å². The van der Waals surface area contributed by atoms with Crippen LogP contribution in [-0.4, -0.2) is 36.5 Å². The molecule has 3 rings (SSSR count). The van der Waals surface area contributed by atoms with Crippen LogP contribution in [-0.2, 0) is 4.79 Å². The normalized spacial score (nSPS) is 17.0. The summed E-state index contributed by atoms with van der Waals surface area (Å²) in [6.45, 7) is 0.498. The van der Waals surface area contributed by atoms with E-state index in [1.165, 1.54) is 13.3 Å². The molecule has 0 saturated carbocycles. The number of hydrogen-bond donors (Lipinski definition) is 1. The Morgan fingerprint density at radius 1 is 1.33 bits per heavy atom. The second-order valence-electron chi connectivity index (χ2n) is 5.32. The van der Waals surface area contributed by atoms with Crippen LogP contribution in [0, 0.1) is 0 Å². The number of aromatic nitrogens is 1. The van der Waals surface area contributed by atoms with Crippen molar-refractivity contribution in [1.29, 1.82) is 0 Å². The Kier molecular flexibility index (Phi) is 4.66. The molecule has 1 saturated heterocycles. The van der Waals surface area contributed by atoms with Gasteiger partial charge in [-0.05, 0) is 30.7 Å². The summed E-state index contributed by atoms with van der Waals surface area (Å²) in [5.74, 6) is -0.345. The Hall–Kier alpha value is -2.60. The molecule has 0 spiro atoms. The fourth-order valence-corrected chi connectivity index (χ4v) is 2.92. The van der Waals surface area contributed by atoms with Crippen LogP contribution >= 0.6 is 11.6 Å². The summed E-state index contributed by atoms with van der Waals surface area (Å²) >= 11 is 6.15. The second-order valence-corrected chi connectivity index (χ2v) is 5.72. The lowest BCUT2D eigenvalue weighted by Crippen LogP contribution is -2.41. The van der Waals surface area contributed by atoms with Crippen molar-refractivity contribution in [3.8, 4) is 5.88 Å². The number of nitrogens with one attached hydrogen (secondary N) is 1. The van der Waals surface area contributed by atoms with Crippen molar-refractivity contribution >= 4 is 29.1 Å². The predicted molar refractivity (Wildman–Crippen MR) is 90.5 cm³/mol. The summed E-state index contributed by atoms with van der Waals surface area (Å²) in [5.41, 5.74) is 0.948. The Morgan fingerprint density at radius 2 is 2.12 bits per heavy atom. The molecule has 2 amide bonds. The number of halogens is 1. The number of nitrogens with zero attached hydrogens (tertiary/aromatic N) is 2. The number of hydrogen-bond acceptors (Lipinski definition) is 4. The molecule has 6 nitrogen and oxygen atoms in total. The van der Waals surface area contributed by atoms with E-state index in [1.54, 1.807) is 35.2 Å². The number of ether oxygens (including phenoxy) is 1. The summed E-state index contributed by atoms with van der Waals surface area (Å²) < 4.78 is 5.08. The maximum Gasteiger partial charge on any atom is 0.257 e. The van der Waals surface area contributed by atoms with Crippen molar-refractivity contribution in [2.24, 2.45) is 0 Å². The van der Waals surface area contributed by atoms with Gasteiger partial charge in [0.2, 0.25) is 11.8 Å². The Bertz CT molecular complexity index is 781. The van der Waals surface area contributed by atoms with Crippen LogP contribution in [0.4, 0.5) is 5.69 Å². The van der Waals surface area contributed by atoms with E-state index in [-0.39, 0.29) is 17.7 Å². The Morgan fingerprint density at radius 3 is 2.88 bits per heavy atom. The summed E-state index contributed by atoms with van der Waals surface area (Å²) in [6.07, 6.45) is 2.05. The number of rotatable bonds is 4. The molecule has 0 radical (unpaired) electrons. The number of anilines is 1. The van der Waals surface area contributed by atoms with Crippen LogP contribution in [0.2, 0.25) is 5.02 Å². The van der Waals surface area contributed by atoms with Crippen molar-refractivity contribution in [2.75, 3.05) is 18.6 Å². The molecule has 7 heteroatoms. The third-order valence-electron chi connectivity index (χ3n) is 3.86. The van der Waals surface area contributed by atoms with E-state index in [9.17, 15) is 9.59 Å². The fraction of sp³-hybridized carbons (Fsp3) is 0.235. The predicted octanol–water partition coefficient (Wildman–Crippen LogP) is 2.28. The highest BCUT2D eigenvalue weighted by Crippen LogP contribution is 2.29. The van der Waals surface area contributed by atoms with E-state index in [4.69, 9.17) is 16.3 Å². The van der Waals surface area contributed by atoms with Gasteiger partial charge in [-0.1, -0.05) is 23.7 Å². The van der Waals surface area contributed by atoms with Gasteiger partial charge >= 0.3 is 0 Å². The zero-order valence-electron chi connectivity index (χ0n) is 13.0. The van der Waals surface area contributed by atoms with E-state index in [0.29, 0.717) is 29.2 Å². The SMILES string of the molecule is COc1ncccc1C(=O)N[C@@H]1CCN(c2ccccc2Cl)C1=O. The number of benzene rings is 1. The molecule has 1 fully saturated rings. The first-order valence-corrected chi connectivity index (χ1v) is 7.85. The largest absolute Gasteiger partial charge is 0.480 e. The minimum absolute atomic E-state index is 0.181. The van der Waals surface area contributed by atoms with Gasteiger partial charge in [-0.3, -0.25) is 9.59 Å². The standard InChI is InChI=1S/C17H16ClN3O3/c1-24-16-11(5-4-9-19-16)15(22)20-13-8-10-21(17(13)23)14-7-3-2-6-12(14)18/h2-7,9,13H,8,10H2,1H3,(H,20,22)/t13-/m1/s1. The van der Waals surface area contributed by atoms with E-state index in [2.05, 4.69) is 10.3 Å². The van der Waals surface area contributed by atoms with E-state index in [1.807, 2.05) is 6.07 Å². The molecule has 24 heavy (non-hydrogen) atoms. The summed E-state index contributed by atoms with van der Waals surface area (Å²) in [7, 11) is 1.44. The van der Waals surface area contributed by atoms with Crippen LogP contribution in [0.15, 0.2) is 42.6 Å². The highest BCUT2D eigenvalue weighted by atomic mass is 35.5. The summed E-state index contributed by atoms with van der Waals surface area (Å²) in [4.78, 5) is 30.6. The first-order valence-electron chi connectivity index (χ1n) is 7.47. The number of amides is 2. The minimum Gasteiger partial charge on any atom is -0.480 e. The van der Waals surface area contributed by atoms with Crippen molar-refractivity contribution in [2.45, 2.75) is 12.5 Å². The number of para-hydroxylation sites is 1. The van der Waals surface area contributed by atoms with E-state index < -0.39 is 6.04 Å². The molecular weight excluding hydrogens is 330 g/mol. The topological polar surface area (TPSA) is 71.5 Å². The number of carbonyl (C=O) groups is 2. The lowest BCUT2D eigenvalue weighted by atomic mass is 10.2. The van der Waals surface area contributed by atoms with Gasteiger partial charge in [0.1, 0.15) is 11.6 Å². The minimum atomic E-state index is -0.598. The molecule has 1 aromatic heterocycles. The second kappa shape index (κ2) is 6.88. The van der Waals surface area contributed by atoms with Crippen LogP contribution in [0.25, 0.3) is 0 Å². The molecule has 0 aliphatic carbocycles. The first kappa shape index (κ1) is 16.3. The number of carbonyl (C=O) groups excluding carboxylic acids is 2. The van der Waals surface area contributed by atoms with Crippen molar-refractivity contribution < 1.29 is 14.3 Å². The molecule has 2 aromatic rings. The Balaban J connectivity index is 1.74. The zero-order chi connectivity index (χ0) is 17.1. The van der Waals surface area contributed by atoms with Gasteiger partial charge in [-0.25, -0.2) is 4.98 Å². The smallest absolute Gasteiger partial charge is 0.257 e. The monoisotopic (exact) mass is 345 g/mol. The van der Waals surface area contributed by atoms with Gasteiger partial charge in [0.25, 0.3) is 5.91 Å². The summed E-state index contributed by atoms with van der Waals surface area (Å²) in [5, 5.41) is 3.25. The molecule has 1 N–H and O–H groups in total. The molecule has 1 atom stereocenters.